The van der Waals surface area contributed by atoms with Crippen LogP contribution in [0.1, 0.15) is 31.1 Å². The molecule has 3 aromatic rings. The maximum atomic E-state index is 12.8. The summed E-state index contributed by atoms with van der Waals surface area (Å²) in [6.07, 6.45) is 1.71. The van der Waals surface area contributed by atoms with Gasteiger partial charge in [0.05, 0.1) is 32.9 Å². The number of nitrogens with one attached hydrogen (secondary N) is 1. The zero-order chi connectivity index (χ0) is 21.2. The van der Waals surface area contributed by atoms with Gasteiger partial charge in [-0.25, -0.2) is 18.1 Å². The van der Waals surface area contributed by atoms with Crippen LogP contribution in [0.4, 0.5) is 0 Å². The lowest BCUT2D eigenvalue weighted by atomic mass is 10.2. The zero-order valence-corrected chi connectivity index (χ0v) is 19.3. The molecule has 0 saturated heterocycles. The topological polar surface area (TPSA) is 64.0 Å². The van der Waals surface area contributed by atoms with Crippen LogP contribution in [-0.4, -0.2) is 18.0 Å². The molecule has 3 rings (SSSR count). The molecule has 9 heteroatoms. The van der Waals surface area contributed by atoms with Crippen LogP contribution in [0.3, 0.4) is 0 Å². The van der Waals surface area contributed by atoms with Crippen molar-refractivity contribution >= 4 is 45.0 Å². The molecule has 0 radical (unpaired) electrons. The van der Waals surface area contributed by atoms with Gasteiger partial charge in [-0.1, -0.05) is 52.7 Å². The predicted octanol–water partition coefficient (Wildman–Crippen LogP) is 5.71. The third-order valence-corrected chi connectivity index (χ3v) is 7.67. The second-order valence-electron chi connectivity index (χ2n) is 6.54. The van der Waals surface area contributed by atoms with Crippen molar-refractivity contribution < 1.29 is 8.42 Å². The molecule has 0 fully saturated rings. The molecule has 2 aromatic carbocycles. The number of aromatic nitrogens is 2. The number of benzene rings is 2. The Morgan fingerprint density at radius 2 is 1.83 bits per heavy atom. The first-order valence-electron chi connectivity index (χ1n) is 8.98. The minimum Gasteiger partial charge on any atom is -0.322 e. The minimum absolute atomic E-state index is 0.0653. The van der Waals surface area contributed by atoms with E-state index < -0.39 is 16.1 Å². The molecule has 0 spiro atoms. The molecular weight excluding hydrogens is 449 g/mol. The van der Waals surface area contributed by atoms with Gasteiger partial charge in [-0.2, -0.15) is 0 Å². The summed E-state index contributed by atoms with van der Waals surface area (Å²) in [5, 5.41) is 1.31. The highest BCUT2D eigenvalue weighted by atomic mass is 35.5. The number of imidazole rings is 1. The molecule has 29 heavy (non-hydrogen) atoms. The highest BCUT2D eigenvalue weighted by Crippen LogP contribution is 2.30. The molecule has 1 N–H and O–H groups in total. The Morgan fingerprint density at radius 1 is 1.14 bits per heavy atom. The van der Waals surface area contributed by atoms with E-state index in [1.807, 2.05) is 30.5 Å². The van der Waals surface area contributed by atoms with Crippen molar-refractivity contribution in [2.75, 3.05) is 0 Å². The summed E-state index contributed by atoms with van der Waals surface area (Å²) < 4.78 is 30.2. The Morgan fingerprint density at radius 3 is 2.45 bits per heavy atom. The Hall–Kier alpha value is -1.51. The average molecular weight is 470 g/mol. The van der Waals surface area contributed by atoms with Gasteiger partial charge < -0.3 is 4.57 Å². The van der Waals surface area contributed by atoms with Crippen LogP contribution in [0.15, 0.2) is 63.6 Å². The number of halogens is 2. The van der Waals surface area contributed by atoms with Gasteiger partial charge in [-0.15, -0.1) is 0 Å². The van der Waals surface area contributed by atoms with Crippen molar-refractivity contribution in [3.05, 3.63) is 70.0 Å². The third kappa shape index (κ3) is 5.16. The maximum absolute atomic E-state index is 12.8. The molecule has 0 aliphatic heterocycles. The zero-order valence-electron chi connectivity index (χ0n) is 16.2. The lowest BCUT2D eigenvalue weighted by Crippen LogP contribution is -2.28. The van der Waals surface area contributed by atoms with Crippen molar-refractivity contribution in [3.8, 4) is 0 Å². The van der Waals surface area contributed by atoms with E-state index in [4.69, 9.17) is 23.2 Å². The minimum atomic E-state index is -3.77. The van der Waals surface area contributed by atoms with E-state index in [-0.39, 0.29) is 9.92 Å². The lowest BCUT2D eigenvalue weighted by molar-refractivity contribution is 0.546. The lowest BCUT2D eigenvalue weighted by Gasteiger charge is -2.17. The molecule has 1 aromatic heterocycles. The van der Waals surface area contributed by atoms with Gasteiger partial charge in [-0.3, -0.25) is 0 Å². The normalized spacial score (nSPS) is 12.9. The Bertz CT molecular complexity index is 1110. The number of hydrogen-bond acceptors (Lipinski definition) is 4. The van der Waals surface area contributed by atoms with Crippen LogP contribution in [0.25, 0.3) is 0 Å². The fourth-order valence-corrected chi connectivity index (χ4v) is 5.37. The van der Waals surface area contributed by atoms with Gasteiger partial charge in [0.25, 0.3) is 0 Å². The largest absolute Gasteiger partial charge is 0.322 e. The van der Waals surface area contributed by atoms with Crippen LogP contribution in [0.2, 0.25) is 10.0 Å². The molecule has 1 unspecified atom stereocenters. The van der Waals surface area contributed by atoms with Gasteiger partial charge in [0.2, 0.25) is 10.0 Å². The standard InChI is InChI=1S/C20H21Cl2N3O2S2/c1-4-25-19(12-23-20(25)28-15-7-5-13(2)6-8-15)14(3)24-29(26,27)16-9-10-17(21)18(22)11-16/h5-12,14,24H,4H2,1-3H3. The summed E-state index contributed by atoms with van der Waals surface area (Å²) in [4.78, 5) is 5.65. The van der Waals surface area contributed by atoms with Gasteiger partial charge in [0.1, 0.15) is 0 Å². The van der Waals surface area contributed by atoms with Crippen LogP contribution < -0.4 is 4.72 Å². The molecule has 0 aliphatic carbocycles. The van der Waals surface area contributed by atoms with E-state index in [0.29, 0.717) is 11.6 Å². The summed E-state index contributed by atoms with van der Waals surface area (Å²) in [7, 11) is -3.77. The molecule has 1 atom stereocenters. The van der Waals surface area contributed by atoms with Crippen molar-refractivity contribution in [2.24, 2.45) is 0 Å². The van der Waals surface area contributed by atoms with Crippen molar-refractivity contribution in [1.29, 1.82) is 0 Å². The van der Waals surface area contributed by atoms with E-state index in [9.17, 15) is 8.42 Å². The van der Waals surface area contributed by atoms with Crippen molar-refractivity contribution in [1.82, 2.24) is 14.3 Å². The summed E-state index contributed by atoms with van der Waals surface area (Å²) >= 11 is 13.4. The summed E-state index contributed by atoms with van der Waals surface area (Å²) in [5.74, 6) is 0. The quantitative estimate of drug-likeness (QED) is 0.481. The molecule has 154 valence electrons. The molecular formula is C20H21Cl2N3O2S2. The first-order chi connectivity index (χ1) is 13.7. The fourth-order valence-electron chi connectivity index (χ4n) is 2.83. The van der Waals surface area contributed by atoms with Crippen molar-refractivity contribution in [2.45, 2.75) is 48.3 Å². The van der Waals surface area contributed by atoms with E-state index >= 15 is 0 Å². The Kier molecular flexibility index (Phi) is 6.96. The van der Waals surface area contributed by atoms with E-state index in [1.54, 1.807) is 24.9 Å². The van der Waals surface area contributed by atoms with Crippen LogP contribution in [0.5, 0.6) is 0 Å². The fraction of sp³-hybridized carbons (Fsp3) is 0.250. The predicted molar refractivity (Wildman–Crippen MR) is 118 cm³/mol. The molecule has 0 aliphatic rings. The number of nitrogens with zero attached hydrogens (tertiary/aromatic N) is 2. The summed E-state index contributed by atoms with van der Waals surface area (Å²) in [5.41, 5.74) is 1.98. The van der Waals surface area contributed by atoms with E-state index in [2.05, 4.69) is 21.8 Å². The first-order valence-corrected chi connectivity index (χ1v) is 12.0. The van der Waals surface area contributed by atoms with Gasteiger partial charge in [-0.05, 0) is 51.1 Å². The van der Waals surface area contributed by atoms with Crippen LogP contribution in [-0.2, 0) is 16.6 Å². The van der Waals surface area contributed by atoms with Crippen LogP contribution >= 0.6 is 35.0 Å². The number of aryl methyl sites for hydroxylation is 1. The summed E-state index contributed by atoms with van der Waals surface area (Å²) in [6, 6.07) is 12.0. The van der Waals surface area contributed by atoms with E-state index in [1.165, 1.54) is 23.8 Å². The highest BCUT2D eigenvalue weighted by Gasteiger charge is 2.23. The van der Waals surface area contributed by atoms with Gasteiger partial charge >= 0.3 is 0 Å². The monoisotopic (exact) mass is 469 g/mol. The third-order valence-electron chi connectivity index (χ3n) is 4.37. The molecule has 0 bridgehead atoms. The molecule has 0 amide bonds. The van der Waals surface area contributed by atoms with Gasteiger partial charge in [0.15, 0.2) is 5.16 Å². The van der Waals surface area contributed by atoms with Crippen molar-refractivity contribution in [3.63, 3.8) is 0 Å². The first kappa shape index (κ1) is 22.2. The second-order valence-corrected chi connectivity index (χ2v) is 10.1. The Labute approximate surface area is 185 Å². The number of hydrogen-bond donors (Lipinski definition) is 1. The van der Waals surface area contributed by atoms with E-state index in [0.717, 1.165) is 15.7 Å². The average Bonchev–Trinajstić information content (AvgIpc) is 3.08. The molecule has 1 heterocycles. The molecule has 0 saturated carbocycles. The summed E-state index contributed by atoms with van der Waals surface area (Å²) in [6.45, 7) is 6.51. The highest BCUT2D eigenvalue weighted by molar-refractivity contribution is 7.99. The number of rotatable bonds is 7. The van der Waals surface area contributed by atoms with Gasteiger partial charge in [0, 0.05) is 11.4 Å². The second kappa shape index (κ2) is 9.10. The smallest absolute Gasteiger partial charge is 0.241 e. The Balaban J connectivity index is 1.83. The van der Waals surface area contributed by atoms with Crippen LogP contribution in [0, 0.1) is 6.92 Å². The maximum Gasteiger partial charge on any atom is 0.241 e. The molecule has 5 nitrogen and oxygen atoms in total. The SMILES string of the molecule is CCn1c(C(C)NS(=O)(=O)c2ccc(Cl)c(Cl)c2)cnc1Sc1ccc(C)cc1. The number of sulfonamides is 1.